The van der Waals surface area contributed by atoms with Crippen molar-refractivity contribution in [2.45, 2.75) is 13.0 Å². The Bertz CT molecular complexity index is 1110. The molecule has 2 aliphatic rings. The monoisotopic (exact) mass is 418 g/mol. The van der Waals surface area contributed by atoms with Crippen molar-refractivity contribution in [2.24, 2.45) is 5.92 Å². The van der Waals surface area contributed by atoms with E-state index in [9.17, 15) is 9.59 Å². The predicted molar refractivity (Wildman–Crippen MR) is 113 cm³/mol. The molecule has 8 heteroatoms. The third-order valence-corrected chi connectivity index (χ3v) is 5.46. The van der Waals surface area contributed by atoms with Crippen molar-refractivity contribution < 1.29 is 19.1 Å². The first kappa shape index (κ1) is 19.2. The van der Waals surface area contributed by atoms with E-state index in [2.05, 4.69) is 10.4 Å². The molecule has 1 aromatic heterocycles. The minimum absolute atomic E-state index is 0.0753. The number of nitrogens with one attached hydrogen (secondary N) is 1. The highest BCUT2D eigenvalue weighted by Gasteiger charge is 2.35. The Morgan fingerprint density at radius 3 is 2.71 bits per heavy atom. The molecule has 2 aliphatic heterocycles. The summed E-state index contributed by atoms with van der Waals surface area (Å²) in [5.74, 6) is 0.686. The van der Waals surface area contributed by atoms with Crippen molar-refractivity contribution in [2.75, 3.05) is 24.7 Å². The summed E-state index contributed by atoms with van der Waals surface area (Å²) in [7, 11) is 0. The summed E-state index contributed by atoms with van der Waals surface area (Å²) in [6.07, 6.45) is 3.80. The summed E-state index contributed by atoms with van der Waals surface area (Å²) in [6, 6.07) is 15.2. The summed E-state index contributed by atoms with van der Waals surface area (Å²) >= 11 is 0. The molecule has 31 heavy (non-hydrogen) atoms. The molecule has 8 nitrogen and oxygen atoms in total. The molecule has 3 heterocycles. The van der Waals surface area contributed by atoms with Crippen molar-refractivity contribution in [3.05, 3.63) is 66.5 Å². The smallest absolute Gasteiger partial charge is 0.227 e. The maximum atomic E-state index is 12.7. The summed E-state index contributed by atoms with van der Waals surface area (Å²) in [5, 5.41) is 7.27. The fourth-order valence-corrected chi connectivity index (χ4v) is 3.84. The van der Waals surface area contributed by atoms with Gasteiger partial charge in [-0.25, -0.2) is 4.68 Å². The van der Waals surface area contributed by atoms with Crippen LogP contribution in [0.25, 0.3) is 5.69 Å². The van der Waals surface area contributed by atoms with E-state index in [0.717, 1.165) is 11.3 Å². The number of carbonyl (C=O) groups excluding carboxylic acids is 2. The highest BCUT2D eigenvalue weighted by Crippen LogP contribution is 2.36. The normalized spacial score (nSPS) is 17.6. The van der Waals surface area contributed by atoms with Gasteiger partial charge >= 0.3 is 0 Å². The summed E-state index contributed by atoms with van der Waals surface area (Å²) in [4.78, 5) is 26.9. The first-order chi connectivity index (χ1) is 15.2. The molecule has 1 saturated heterocycles. The van der Waals surface area contributed by atoms with E-state index >= 15 is 0 Å². The molecule has 158 valence electrons. The molecule has 0 bridgehead atoms. The first-order valence-corrected chi connectivity index (χ1v) is 10.2. The summed E-state index contributed by atoms with van der Waals surface area (Å²) in [5.41, 5.74) is 2.57. The molecule has 1 unspecified atom stereocenters. The average molecular weight is 418 g/mol. The van der Waals surface area contributed by atoms with Gasteiger partial charge in [0.05, 0.1) is 17.8 Å². The first-order valence-electron chi connectivity index (χ1n) is 10.2. The van der Waals surface area contributed by atoms with Crippen LogP contribution < -0.4 is 19.7 Å². The lowest BCUT2D eigenvalue weighted by atomic mass is 10.1. The molecule has 0 radical (unpaired) electrons. The molecule has 0 aliphatic carbocycles. The fraction of sp³-hybridized carbons (Fsp3) is 0.261. The third kappa shape index (κ3) is 3.96. The van der Waals surface area contributed by atoms with Crippen molar-refractivity contribution in [3.63, 3.8) is 0 Å². The third-order valence-electron chi connectivity index (χ3n) is 5.46. The number of ether oxygens (including phenoxy) is 2. The Hall–Kier alpha value is -3.81. The SMILES string of the molecule is O=C(NCc1cnn(-c2ccccc2)c1)C1CC(=O)N(c2ccc3c(c2)OCCO3)C1. The largest absolute Gasteiger partial charge is 0.486 e. The fourth-order valence-electron chi connectivity index (χ4n) is 3.84. The number of rotatable bonds is 5. The topological polar surface area (TPSA) is 85.7 Å². The quantitative estimate of drug-likeness (QED) is 0.687. The summed E-state index contributed by atoms with van der Waals surface area (Å²) < 4.78 is 12.9. The molecule has 1 atom stereocenters. The Balaban J connectivity index is 1.20. The zero-order chi connectivity index (χ0) is 21.2. The van der Waals surface area contributed by atoms with Gasteiger partial charge < -0.3 is 19.7 Å². The van der Waals surface area contributed by atoms with Crippen LogP contribution in [-0.2, 0) is 16.1 Å². The Labute approximate surface area is 179 Å². The van der Waals surface area contributed by atoms with Crippen molar-refractivity contribution in [3.8, 4) is 17.2 Å². The molecular weight excluding hydrogens is 396 g/mol. The Morgan fingerprint density at radius 2 is 1.87 bits per heavy atom. The minimum Gasteiger partial charge on any atom is -0.486 e. The van der Waals surface area contributed by atoms with Crippen molar-refractivity contribution >= 4 is 17.5 Å². The number of hydrogen-bond acceptors (Lipinski definition) is 5. The number of benzene rings is 2. The van der Waals surface area contributed by atoms with Crippen LogP contribution in [0.1, 0.15) is 12.0 Å². The number of nitrogens with zero attached hydrogens (tertiary/aromatic N) is 3. The summed E-state index contributed by atoms with van der Waals surface area (Å²) in [6.45, 7) is 1.70. The van der Waals surface area contributed by atoms with Crippen LogP contribution in [0, 0.1) is 5.92 Å². The lowest BCUT2D eigenvalue weighted by molar-refractivity contribution is -0.126. The molecule has 5 rings (SSSR count). The second-order valence-corrected chi connectivity index (χ2v) is 7.58. The van der Waals surface area contributed by atoms with Crippen molar-refractivity contribution in [1.29, 1.82) is 0 Å². The number of para-hydroxylation sites is 1. The standard InChI is InChI=1S/C23H22N4O4/c28-22-10-17(15-26(22)19-6-7-20-21(11-19)31-9-8-30-20)23(29)24-12-16-13-25-27(14-16)18-4-2-1-3-5-18/h1-7,11,13-14,17H,8-10,12,15H2,(H,24,29). The predicted octanol–water partition coefficient (Wildman–Crippen LogP) is 2.31. The zero-order valence-electron chi connectivity index (χ0n) is 16.9. The lowest BCUT2D eigenvalue weighted by Crippen LogP contribution is -2.32. The number of fused-ring (bicyclic) bond motifs is 1. The molecule has 3 aromatic rings. The van der Waals surface area contributed by atoms with E-state index in [4.69, 9.17) is 9.47 Å². The second-order valence-electron chi connectivity index (χ2n) is 7.58. The van der Waals surface area contributed by atoms with E-state index in [0.29, 0.717) is 43.5 Å². The average Bonchev–Trinajstić information content (AvgIpc) is 3.45. The van der Waals surface area contributed by atoms with E-state index in [-0.39, 0.29) is 18.2 Å². The van der Waals surface area contributed by atoms with Crippen LogP contribution in [0.3, 0.4) is 0 Å². The Morgan fingerprint density at radius 1 is 1.06 bits per heavy atom. The van der Waals surface area contributed by atoms with Crippen LogP contribution in [-0.4, -0.2) is 41.4 Å². The van der Waals surface area contributed by atoms with Crippen molar-refractivity contribution in [1.82, 2.24) is 15.1 Å². The van der Waals surface area contributed by atoms with Gasteiger partial charge in [-0.05, 0) is 24.3 Å². The lowest BCUT2D eigenvalue weighted by Gasteiger charge is -2.22. The number of hydrogen-bond donors (Lipinski definition) is 1. The van der Waals surface area contributed by atoms with Gasteiger partial charge in [0, 0.05) is 43.0 Å². The van der Waals surface area contributed by atoms with E-state index in [1.807, 2.05) is 42.6 Å². The van der Waals surface area contributed by atoms with Crippen LogP contribution in [0.5, 0.6) is 11.5 Å². The van der Waals surface area contributed by atoms with Crippen LogP contribution >= 0.6 is 0 Å². The molecule has 1 N–H and O–H groups in total. The van der Waals surface area contributed by atoms with Gasteiger partial charge in [0.25, 0.3) is 0 Å². The van der Waals surface area contributed by atoms with Gasteiger partial charge in [-0.3, -0.25) is 9.59 Å². The van der Waals surface area contributed by atoms with Crippen LogP contribution in [0.4, 0.5) is 5.69 Å². The van der Waals surface area contributed by atoms with Gasteiger partial charge in [-0.2, -0.15) is 5.10 Å². The van der Waals surface area contributed by atoms with E-state index < -0.39 is 5.92 Å². The maximum absolute atomic E-state index is 12.7. The zero-order valence-corrected chi connectivity index (χ0v) is 16.9. The molecule has 1 fully saturated rings. The van der Waals surface area contributed by atoms with Gasteiger partial charge in [0.2, 0.25) is 11.8 Å². The van der Waals surface area contributed by atoms with Crippen LogP contribution in [0.2, 0.25) is 0 Å². The van der Waals surface area contributed by atoms with E-state index in [1.54, 1.807) is 27.9 Å². The molecule has 0 spiro atoms. The van der Waals surface area contributed by atoms with Gasteiger partial charge in [0.1, 0.15) is 13.2 Å². The maximum Gasteiger partial charge on any atom is 0.227 e. The van der Waals surface area contributed by atoms with Gasteiger partial charge in [-0.15, -0.1) is 0 Å². The Kier molecular flexibility index (Phi) is 5.03. The molecule has 0 saturated carbocycles. The molecule has 2 aromatic carbocycles. The van der Waals surface area contributed by atoms with E-state index in [1.165, 1.54) is 0 Å². The van der Waals surface area contributed by atoms with Crippen LogP contribution in [0.15, 0.2) is 60.9 Å². The number of anilines is 1. The molecular formula is C23H22N4O4. The molecule has 2 amide bonds. The minimum atomic E-state index is -0.398. The van der Waals surface area contributed by atoms with Gasteiger partial charge in [0.15, 0.2) is 11.5 Å². The second kappa shape index (κ2) is 8.14. The number of amides is 2. The number of carbonyl (C=O) groups is 2. The highest BCUT2D eigenvalue weighted by molar-refractivity contribution is 6.00. The van der Waals surface area contributed by atoms with Gasteiger partial charge in [-0.1, -0.05) is 18.2 Å². The highest BCUT2D eigenvalue weighted by atomic mass is 16.6. The number of aromatic nitrogens is 2.